The molecule has 0 aromatic carbocycles. The molecule has 1 aromatic rings. The van der Waals surface area contributed by atoms with E-state index in [0.29, 0.717) is 25.3 Å². The lowest BCUT2D eigenvalue weighted by Crippen LogP contribution is -2.50. The van der Waals surface area contributed by atoms with E-state index >= 15 is 0 Å². The molecule has 0 bridgehead atoms. The molecule has 7 nitrogen and oxygen atoms in total. The lowest BCUT2D eigenvalue weighted by molar-refractivity contribution is 0.167. The second-order valence-corrected chi connectivity index (χ2v) is 5.03. The zero-order chi connectivity index (χ0) is 15.0. The average Bonchev–Trinajstić information content (AvgIpc) is 2.83. The zero-order valence-electron chi connectivity index (χ0n) is 12.3. The van der Waals surface area contributed by atoms with Crippen LogP contribution in [-0.4, -0.2) is 46.8 Å². The van der Waals surface area contributed by atoms with Gasteiger partial charge in [-0.25, -0.2) is 4.79 Å². The smallest absolute Gasteiger partial charge is 0.319 e. The van der Waals surface area contributed by atoms with E-state index in [2.05, 4.69) is 15.7 Å². The Morgan fingerprint density at radius 3 is 2.95 bits per heavy atom. The summed E-state index contributed by atoms with van der Waals surface area (Å²) in [4.78, 5) is 11.9. The number of nitrogens with one attached hydrogen (secondary N) is 2. The summed E-state index contributed by atoms with van der Waals surface area (Å²) in [5, 5.41) is 18.9. The van der Waals surface area contributed by atoms with Gasteiger partial charge in [0.15, 0.2) is 0 Å². The number of rotatable bonds is 8. The molecule has 1 rings (SSSR count). The summed E-state index contributed by atoms with van der Waals surface area (Å²) < 4.78 is 6.65. The Morgan fingerprint density at radius 1 is 1.60 bits per heavy atom. The standard InChI is InChI=1S/C13H24N4O3/c1-4-5-13(2,10-18)16-12(19)15-11-8-14-17(9-11)6-7-20-3/h8-9,18H,4-7,10H2,1-3H3,(H2,15,16,19)/t13-/m1/s1. The number of ether oxygens (including phenoxy) is 1. The van der Waals surface area contributed by atoms with E-state index in [-0.39, 0.29) is 12.6 Å². The number of methoxy groups -OCH3 is 1. The SMILES string of the molecule is CCC[C@](C)(CO)NC(=O)Nc1cnn(CCOC)c1. The molecule has 0 saturated heterocycles. The Hall–Kier alpha value is -1.60. The van der Waals surface area contributed by atoms with Gasteiger partial charge in [0.25, 0.3) is 0 Å². The van der Waals surface area contributed by atoms with Crippen LogP contribution >= 0.6 is 0 Å². The van der Waals surface area contributed by atoms with Gasteiger partial charge in [0.05, 0.1) is 37.2 Å². The minimum Gasteiger partial charge on any atom is -0.394 e. The van der Waals surface area contributed by atoms with Crippen LogP contribution in [0.15, 0.2) is 12.4 Å². The molecule has 1 atom stereocenters. The highest BCUT2D eigenvalue weighted by atomic mass is 16.5. The number of carbonyl (C=O) groups is 1. The number of urea groups is 1. The van der Waals surface area contributed by atoms with E-state index in [4.69, 9.17) is 4.74 Å². The van der Waals surface area contributed by atoms with E-state index in [0.717, 1.165) is 6.42 Å². The summed E-state index contributed by atoms with van der Waals surface area (Å²) in [6.45, 7) is 4.92. The number of carbonyl (C=O) groups excluding carboxylic acids is 1. The lowest BCUT2D eigenvalue weighted by Gasteiger charge is -2.28. The van der Waals surface area contributed by atoms with Crippen molar-refractivity contribution in [3.63, 3.8) is 0 Å². The number of anilines is 1. The van der Waals surface area contributed by atoms with Crippen molar-refractivity contribution in [1.29, 1.82) is 0 Å². The van der Waals surface area contributed by atoms with Crippen LogP contribution in [0.25, 0.3) is 0 Å². The Kier molecular flexibility index (Phi) is 6.47. The van der Waals surface area contributed by atoms with Crippen LogP contribution in [0, 0.1) is 0 Å². The molecule has 1 heterocycles. The highest BCUT2D eigenvalue weighted by molar-refractivity contribution is 5.89. The fourth-order valence-corrected chi connectivity index (χ4v) is 1.90. The largest absolute Gasteiger partial charge is 0.394 e. The first-order valence-corrected chi connectivity index (χ1v) is 6.74. The fraction of sp³-hybridized carbons (Fsp3) is 0.692. The van der Waals surface area contributed by atoms with E-state index < -0.39 is 5.54 Å². The maximum absolute atomic E-state index is 11.9. The van der Waals surface area contributed by atoms with Gasteiger partial charge in [0.1, 0.15) is 0 Å². The Bertz CT molecular complexity index is 422. The van der Waals surface area contributed by atoms with Gasteiger partial charge in [-0.1, -0.05) is 13.3 Å². The van der Waals surface area contributed by atoms with Crippen molar-refractivity contribution in [1.82, 2.24) is 15.1 Å². The monoisotopic (exact) mass is 284 g/mol. The van der Waals surface area contributed by atoms with Crippen LogP contribution in [0.5, 0.6) is 0 Å². The number of aliphatic hydroxyl groups is 1. The van der Waals surface area contributed by atoms with Gasteiger partial charge in [-0.15, -0.1) is 0 Å². The normalized spacial score (nSPS) is 13.8. The third kappa shape index (κ3) is 5.18. The minimum atomic E-state index is -0.606. The van der Waals surface area contributed by atoms with E-state index in [1.807, 2.05) is 13.8 Å². The van der Waals surface area contributed by atoms with Crippen LogP contribution < -0.4 is 10.6 Å². The maximum atomic E-state index is 11.9. The lowest BCUT2D eigenvalue weighted by atomic mass is 9.98. The van der Waals surface area contributed by atoms with Crippen molar-refractivity contribution in [3.05, 3.63) is 12.4 Å². The van der Waals surface area contributed by atoms with Crippen LogP contribution in [0.3, 0.4) is 0 Å². The van der Waals surface area contributed by atoms with E-state index in [9.17, 15) is 9.90 Å². The maximum Gasteiger partial charge on any atom is 0.319 e. The van der Waals surface area contributed by atoms with Crippen LogP contribution in [-0.2, 0) is 11.3 Å². The van der Waals surface area contributed by atoms with Crippen molar-refractivity contribution in [2.24, 2.45) is 0 Å². The van der Waals surface area contributed by atoms with Crippen molar-refractivity contribution >= 4 is 11.7 Å². The number of hydrogen-bond acceptors (Lipinski definition) is 4. The quantitative estimate of drug-likeness (QED) is 0.669. The molecule has 0 aliphatic rings. The minimum absolute atomic E-state index is 0.0959. The van der Waals surface area contributed by atoms with Gasteiger partial charge < -0.3 is 20.5 Å². The van der Waals surface area contributed by atoms with Crippen LogP contribution in [0.1, 0.15) is 26.7 Å². The van der Waals surface area contributed by atoms with Gasteiger partial charge in [-0.05, 0) is 13.3 Å². The summed E-state index contributed by atoms with van der Waals surface area (Å²) >= 11 is 0. The number of aliphatic hydroxyl groups excluding tert-OH is 1. The summed E-state index contributed by atoms with van der Waals surface area (Å²) in [6.07, 6.45) is 4.90. The summed E-state index contributed by atoms with van der Waals surface area (Å²) in [5.74, 6) is 0. The third-order valence-electron chi connectivity index (χ3n) is 2.98. The molecule has 20 heavy (non-hydrogen) atoms. The Morgan fingerprint density at radius 2 is 2.35 bits per heavy atom. The molecule has 0 aliphatic heterocycles. The zero-order valence-corrected chi connectivity index (χ0v) is 12.3. The fourth-order valence-electron chi connectivity index (χ4n) is 1.90. The predicted octanol–water partition coefficient (Wildman–Crippen LogP) is 1.20. The Labute approximate surface area is 119 Å². The molecule has 0 radical (unpaired) electrons. The topological polar surface area (TPSA) is 88.4 Å². The van der Waals surface area contributed by atoms with Crippen molar-refractivity contribution in [2.45, 2.75) is 38.8 Å². The number of hydrogen-bond donors (Lipinski definition) is 3. The molecular formula is C13H24N4O3. The first-order valence-electron chi connectivity index (χ1n) is 6.74. The molecule has 114 valence electrons. The molecule has 0 fully saturated rings. The van der Waals surface area contributed by atoms with Crippen molar-refractivity contribution in [3.8, 4) is 0 Å². The van der Waals surface area contributed by atoms with Crippen LogP contribution in [0.2, 0.25) is 0 Å². The molecular weight excluding hydrogens is 260 g/mol. The number of aromatic nitrogens is 2. The van der Waals surface area contributed by atoms with Gasteiger partial charge in [-0.2, -0.15) is 5.10 Å². The first kappa shape index (κ1) is 16.5. The molecule has 1 aromatic heterocycles. The van der Waals surface area contributed by atoms with Gasteiger partial charge in [-0.3, -0.25) is 4.68 Å². The second kappa shape index (κ2) is 7.86. The van der Waals surface area contributed by atoms with E-state index in [1.165, 1.54) is 0 Å². The van der Waals surface area contributed by atoms with Crippen molar-refractivity contribution < 1.29 is 14.6 Å². The van der Waals surface area contributed by atoms with Crippen molar-refractivity contribution in [2.75, 3.05) is 25.6 Å². The molecule has 0 unspecified atom stereocenters. The van der Waals surface area contributed by atoms with E-state index in [1.54, 1.807) is 24.2 Å². The number of nitrogens with zero attached hydrogens (tertiary/aromatic N) is 2. The molecule has 7 heteroatoms. The summed E-state index contributed by atoms with van der Waals surface area (Å²) in [5.41, 5.74) is 0.000572. The second-order valence-electron chi connectivity index (χ2n) is 5.03. The van der Waals surface area contributed by atoms with Gasteiger partial charge in [0, 0.05) is 13.3 Å². The van der Waals surface area contributed by atoms with Gasteiger partial charge >= 0.3 is 6.03 Å². The molecule has 0 aliphatic carbocycles. The number of amides is 2. The molecule has 0 spiro atoms. The Balaban J connectivity index is 2.51. The highest BCUT2D eigenvalue weighted by Gasteiger charge is 2.24. The summed E-state index contributed by atoms with van der Waals surface area (Å²) in [6, 6.07) is -0.346. The predicted molar refractivity (Wildman–Crippen MR) is 76.7 cm³/mol. The average molecular weight is 284 g/mol. The molecule has 0 saturated carbocycles. The molecule has 3 N–H and O–H groups in total. The molecule has 2 amide bonds. The van der Waals surface area contributed by atoms with Crippen LogP contribution in [0.4, 0.5) is 10.5 Å². The summed E-state index contributed by atoms with van der Waals surface area (Å²) in [7, 11) is 1.62. The first-order chi connectivity index (χ1) is 9.53. The third-order valence-corrected chi connectivity index (χ3v) is 2.98. The highest BCUT2D eigenvalue weighted by Crippen LogP contribution is 2.12. The van der Waals surface area contributed by atoms with Gasteiger partial charge in [0.2, 0.25) is 0 Å².